The fourth-order valence-corrected chi connectivity index (χ4v) is 1.13. The Kier molecular flexibility index (Phi) is 4.25. The molecule has 0 heterocycles. The van der Waals surface area contributed by atoms with Crippen molar-refractivity contribution in [3.63, 3.8) is 0 Å². The van der Waals surface area contributed by atoms with E-state index in [1.807, 2.05) is 18.2 Å². The predicted octanol–water partition coefficient (Wildman–Crippen LogP) is 1.29. The quantitative estimate of drug-likeness (QED) is 0.727. The van der Waals surface area contributed by atoms with E-state index in [0.29, 0.717) is 12.1 Å². The number of nitriles is 1. The number of nitrogens with zero attached hydrogens (tertiary/aromatic N) is 1. The lowest BCUT2D eigenvalue weighted by atomic mass is 10.1. The first kappa shape index (κ1) is 12.0. The van der Waals surface area contributed by atoms with Crippen LogP contribution in [0.2, 0.25) is 0 Å². The predicted molar refractivity (Wildman–Crippen MR) is 59.6 cm³/mol. The molecule has 0 aliphatic rings. The van der Waals surface area contributed by atoms with Crippen LogP contribution in [0.25, 0.3) is 0 Å². The van der Waals surface area contributed by atoms with Crippen molar-refractivity contribution in [3.05, 3.63) is 47.5 Å². The Morgan fingerprint density at radius 2 is 2.06 bits per heavy atom. The summed E-state index contributed by atoms with van der Waals surface area (Å²) in [5.74, 6) is -0.993. The first-order valence-electron chi connectivity index (χ1n) is 4.74. The number of nitrogens with one attached hydrogen (secondary N) is 1. The molecular formula is C12H12N2O2. The van der Waals surface area contributed by atoms with Gasteiger partial charge in [-0.1, -0.05) is 18.7 Å². The third-order valence-corrected chi connectivity index (χ3v) is 2.05. The zero-order valence-electron chi connectivity index (χ0n) is 8.73. The minimum atomic E-state index is -0.993. The van der Waals surface area contributed by atoms with Crippen molar-refractivity contribution in [2.24, 2.45) is 0 Å². The van der Waals surface area contributed by atoms with Crippen molar-refractivity contribution in [2.45, 2.75) is 6.54 Å². The molecule has 0 aromatic heterocycles. The lowest BCUT2D eigenvalue weighted by molar-refractivity contribution is -0.132. The van der Waals surface area contributed by atoms with Crippen LogP contribution >= 0.6 is 0 Å². The first-order valence-corrected chi connectivity index (χ1v) is 4.74. The Bertz CT molecular complexity index is 429. The zero-order valence-corrected chi connectivity index (χ0v) is 8.73. The van der Waals surface area contributed by atoms with Crippen molar-refractivity contribution in [1.29, 1.82) is 5.26 Å². The molecule has 0 atom stereocenters. The number of aliphatic carboxylic acids is 1. The van der Waals surface area contributed by atoms with Gasteiger partial charge in [0.15, 0.2) is 0 Å². The molecule has 0 unspecified atom stereocenters. The maximum Gasteiger partial charge on any atom is 0.332 e. The third-order valence-electron chi connectivity index (χ3n) is 2.05. The van der Waals surface area contributed by atoms with Crippen molar-refractivity contribution in [3.8, 4) is 6.07 Å². The summed E-state index contributed by atoms with van der Waals surface area (Å²) in [6, 6.07) is 9.14. The Balaban J connectivity index is 2.41. The molecule has 0 saturated heterocycles. The van der Waals surface area contributed by atoms with E-state index in [4.69, 9.17) is 10.4 Å². The van der Waals surface area contributed by atoms with Gasteiger partial charge in [0, 0.05) is 18.7 Å². The lowest BCUT2D eigenvalue weighted by Gasteiger charge is -2.04. The fourth-order valence-electron chi connectivity index (χ4n) is 1.13. The van der Waals surface area contributed by atoms with Crippen LogP contribution in [-0.2, 0) is 11.3 Å². The van der Waals surface area contributed by atoms with Crippen molar-refractivity contribution >= 4 is 5.97 Å². The van der Waals surface area contributed by atoms with E-state index in [1.165, 1.54) is 0 Å². The number of hydrogen-bond donors (Lipinski definition) is 2. The molecule has 0 aliphatic heterocycles. The molecule has 2 N–H and O–H groups in total. The summed E-state index contributed by atoms with van der Waals surface area (Å²) in [6.07, 6.45) is 0. The van der Waals surface area contributed by atoms with E-state index in [0.717, 1.165) is 5.56 Å². The Hall–Kier alpha value is -2.12. The summed E-state index contributed by atoms with van der Waals surface area (Å²) >= 11 is 0. The molecule has 1 rings (SSSR count). The van der Waals surface area contributed by atoms with Gasteiger partial charge in [-0.3, -0.25) is 0 Å². The summed E-state index contributed by atoms with van der Waals surface area (Å²) < 4.78 is 0. The number of carbonyl (C=O) groups is 1. The van der Waals surface area contributed by atoms with Crippen LogP contribution in [0.1, 0.15) is 11.1 Å². The number of carboxylic acid groups (broad SMARTS) is 1. The molecular weight excluding hydrogens is 204 g/mol. The van der Waals surface area contributed by atoms with Crippen LogP contribution < -0.4 is 5.32 Å². The van der Waals surface area contributed by atoms with Gasteiger partial charge in [0.25, 0.3) is 0 Å². The molecule has 0 radical (unpaired) electrons. The van der Waals surface area contributed by atoms with E-state index in [-0.39, 0.29) is 12.1 Å². The second kappa shape index (κ2) is 5.69. The lowest BCUT2D eigenvalue weighted by Crippen LogP contribution is -2.19. The van der Waals surface area contributed by atoms with Gasteiger partial charge in [-0.25, -0.2) is 4.79 Å². The van der Waals surface area contributed by atoms with Crippen LogP contribution in [0.15, 0.2) is 36.4 Å². The minimum Gasteiger partial charge on any atom is -0.478 e. The van der Waals surface area contributed by atoms with E-state index < -0.39 is 5.97 Å². The minimum absolute atomic E-state index is 0.133. The summed E-state index contributed by atoms with van der Waals surface area (Å²) in [4.78, 5) is 10.4. The zero-order chi connectivity index (χ0) is 12.0. The topological polar surface area (TPSA) is 73.1 Å². The fraction of sp³-hybridized carbons (Fsp3) is 0.167. The molecule has 0 amide bonds. The van der Waals surface area contributed by atoms with Crippen LogP contribution in [0.5, 0.6) is 0 Å². The number of rotatable bonds is 5. The highest BCUT2D eigenvalue weighted by atomic mass is 16.4. The molecule has 4 nitrogen and oxygen atoms in total. The van der Waals surface area contributed by atoms with Gasteiger partial charge >= 0.3 is 5.97 Å². The van der Waals surface area contributed by atoms with Gasteiger partial charge in [0.1, 0.15) is 0 Å². The highest BCUT2D eigenvalue weighted by Gasteiger charge is 2.02. The Morgan fingerprint density at radius 3 is 2.56 bits per heavy atom. The summed E-state index contributed by atoms with van der Waals surface area (Å²) in [6.45, 7) is 4.21. The second-order valence-corrected chi connectivity index (χ2v) is 3.32. The summed E-state index contributed by atoms with van der Waals surface area (Å²) in [5, 5.41) is 20.1. The van der Waals surface area contributed by atoms with E-state index in [2.05, 4.69) is 11.9 Å². The van der Waals surface area contributed by atoms with Crippen LogP contribution in [-0.4, -0.2) is 17.6 Å². The summed E-state index contributed by atoms with van der Waals surface area (Å²) in [5.41, 5.74) is 1.74. The molecule has 0 aliphatic carbocycles. The maximum absolute atomic E-state index is 10.4. The van der Waals surface area contributed by atoms with E-state index >= 15 is 0 Å². The summed E-state index contributed by atoms with van der Waals surface area (Å²) in [7, 11) is 0. The molecule has 0 fully saturated rings. The Morgan fingerprint density at radius 1 is 1.44 bits per heavy atom. The second-order valence-electron chi connectivity index (χ2n) is 3.32. The van der Waals surface area contributed by atoms with Gasteiger partial charge < -0.3 is 10.4 Å². The van der Waals surface area contributed by atoms with Crippen molar-refractivity contribution in [2.75, 3.05) is 6.54 Å². The van der Waals surface area contributed by atoms with Crippen molar-refractivity contribution in [1.82, 2.24) is 5.32 Å². The monoisotopic (exact) mass is 216 g/mol. The van der Waals surface area contributed by atoms with Gasteiger partial charge in [-0.2, -0.15) is 5.26 Å². The normalized spacial score (nSPS) is 9.44. The average molecular weight is 216 g/mol. The molecule has 0 spiro atoms. The molecule has 0 bridgehead atoms. The first-order chi connectivity index (χ1) is 7.63. The molecule has 16 heavy (non-hydrogen) atoms. The maximum atomic E-state index is 10.4. The highest BCUT2D eigenvalue weighted by Crippen LogP contribution is 2.02. The average Bonchev–Trinajstić information content (AvgIpc) is 2.29. The standard InChI is InChI=1S/C12H12N2O2/c1-9(12(15)16)7-14-8-11-4-2-10(6-13)3-5-11/h2-5,14H,1,7-8H2,(H,15,16). The van der Waals surface area contributed by atoms with Gasteiger partial charge in [-0.05, 0) is 17.7 Å². The number of hydrogen-bond acceptors (Lipinski definition) is 3. The number of carboxylic acids is 1. The van der Waals surface area contributed by atoms with Crippen LogP contribution in [0.4, 0.5) is 0 Å². The molecule has 1 aromatic rings. The van der Waals surface area contributed by atoms with Gasteiger partial charge in [0.05, 0.1) is 11.6 Å². The Labute approximate surface area is 93.8 Å². The third kappa shape index (κ3) is 3.56. The smallest absolute Gasteiger partial charge is 0.332 e. The highest BCUT2D eigenvalue weighted by molar-refractivity contribution is 5.86. The van der Waals surface area contributed by atoms with Gasteiger partial charge in [0.2, 0.25) is 0 Å². The molecule has 1 aromatic carbocycles. The van der Waals surface area contributed by atoms with Crippen LogP contribution in [0, 0.1) is 11.3 Å². The van der Waals surface area contributed by atoms with Crippen molar-refractivity contribution < 1.29 is 9.90 Å². The number of benzene rings is 1. The molecule has 4 heteroatoms. The largest absolute Gasteiger partial charge is 0.478 e. The van der Waals surface area contributed by atoms with Gasteiger partial charge in [-0.15, -0.1) is 0 Å². The molecule has 0 saturated carbocycles. The van der Waals surface area contributed by atoms with E-state index in [1.54, 1.807) is 12.1 Å². The SMILES string of the molecule is C=C(CNCc1ccc(C#N)cc1)C(=O)O. The van der Waals surface area contributed by atoms with Crippen LogP contribution in [0.3, 0.4) is 0 Å². The van der Waals surface area contributed by atoms with E-state index in [9.17, 15) is 4.79 Å². The molecule has 82 valence electrons.